The smallest absolute Gasteiger partial charge is 0.262 e. The third-order valence-electron chi connectivity index (χ3n) is 5.25. The number of pyridine rings is 1. The molecule has 1 N–H and O–H groups in total. The molecule has 0 spiro atoms. The highest BCUT2D eigenvalue weighted by atomic mass is 32.2. The number of carbonyl (C=O) groups is 1. The lowest BCUT2D eigenvalue weighted by atomic mass is 10.2. The number of piperidine rings is 1. The van der Waals surface area contributed by atoms with Crippen molar-refractivity contribution in [3.05, 3.63) is 60.3 Å². The molecule has 2 aromatic carbocycles. The van der Waals surface area contributed by atoms with E-state index in [-0.39, 0.29) is 17.4 Å². The van der Waals surface area contributed by atoms with Gasteiger partial charge in [-0.25, -0.2) is 13.4 Å². The number of hydrogen-bond acceptors (Lipinski definition) is 5. The first-order chi connectivity index (χ1) is 14.9. The first-order valence-electron chi connectivity index (χ1n) is 10.3. The monoisotopic (exact) mass is 439 g/mol. The Morgan fingerprint density at radius 1 is 1.06 bits per heavy atom. The maximum Gasteiger partial charge on any atom is 0.262 e. The van der Waals surface area contributed by atoms with E-state index in [2.05, 4.69) is 10.3 Å². The Balaban J connectivity index is 1.44. The Kier molecular flexibility index (Phi) is 6.20. The van der Waals surface area contributed by atoms with E-state index in [9.17, 15) is 13.2 Å². The van der Waals surface area contributed by atoms with Crippen molar-refractivity contribution in [2.45, 2.75) is 31.1 Å². The van der Waals surface area contributed by atoms with Crippen LogP contribution < -0.4 is 10.1 Å². The molecule has 1 saturated heterocycles. The highest BCUT2D eigenvalue weighted by Crippen LogP contribution is 2.25. The van der Waals surface area contributed by atoms with Crippen molar-refractivity contribution >= 4 is 32.5 Å². The molecule has 0 atom stereocenters. The molecule has 0 bridgehead atoms. The van der Waals surface area contributed by atoms with Crippen molar-refractivity contribution in [1.29, 1.82) is 0 Å². The predicted octanol–water partition coefficient (Wildman–Crippen LogP) is 3.74. The molecule has 0 radical (unpaired) electrons. The molecule has 3 aromatic rings. The molecule has 7 nitrogen and oxygen atoms in total. The van der Waals surface area contributed by atoms with Gasteiger partial charge in [-0.15, -0.1) is 0 Å². The standard InChI is InChI=1S/C23H25N3O4S/c1-17-11-12-18-7-5-10-21(23(18)24-17)30-16-22(27)25-19-8-6-9-20(15-19)31(28,29)26-13-3-2-4-14-26/h5-12,15H,2-4,13-14,16H2,1H3,(H,25,27). The predicted molar refractivity (Wildman–Crippen MR) is 120 cm³/mol. The number of ether oxygens (including phenoxy) is 1. The van der Waals surface area contributed by atoms with Crippen LogP contribution in [0.2, 0.25) is 0 Å². The van der Waals surface area contributed by atoms with Crippen LogP contribution in [0.15, 0.2) is 59.5 Å². The largest absolute Gasteiger partial charge is 0.481 e. The number of sulfonamides is 1. The maximum absolute atomic E-state index is 12.9. The van der Waals surface area contributed by atoms with Gasteiger partial charge in [-0.3, -0.25) is 4.79 Å². The normalized spacial score (nSPS) is 15.0. The van der Waals surface area contributed by atoms with E-state index in [1.165, 1.54) is 10.4 Å². The lowest BCUT2D eigenvalue weighted by Crippen LogP contribution is -2.35. The number of para-hydroxylation sites is 1. The van der Waals surface area contributed by atoms with E-state index in [1.54, 1.807) is 24.3 Å². The number of nitrogens with zero attached hydrogens (tertiary/aromatic N) is 2. The summed E-state index contributed by atoms with van der Waals surface area (Å²) in [4.78, 5) is 17.1. The number of amides is 1. The van der Waals surface area contributed by atoms with Crippen molar-refractivity contribution in [2.75, 3.05) is 25.0 Å². The molecule has 0 unspecified atom stereocenters. The van der Waals surface area contributed by atoms with Gasteiger partial charge in [-0.2, -0.15) is 4.31 Å². The van der Waals surface area contributed by atoms with Gasteiger partial charge in [0.2, 0.25) is 10.0 Å². The first-order valence-corrected chi connectivity index (χ1v) is 11.8. The Morgan fingerprint density at radius 3 is 2.65 bits per heavy atom. The van der Waals surface area contributed by atoms with Crippen molar-refractivity contribution in [1.82, 2.24) is 9.29 Å². The molecule has 1 aliphatic heterocycles. The summed E-state index contributed by atoms with van der Waals surface area (Å²) in [6.45, 7) is 2.75. The van der Waals surface area contributed by atoms with E-state index in [4.69, 9.17) is 4.74 Å². The maximum atomic E-state index is 12.9. The van der Waals surface area contributed by atoms with Gasteiger partial charge < -0.3 is 10.1 Å². The van der Waals surface area contributed by atoms with Crippen LogP contribution >= 0.6 is 0 Å². The van der Waals surface area contributed by atoms with Crippen LogP contribution in [0.3, 0.4) is 0 Å². The van der Waals surface area contributed by atoms with Crippen molar-refractivity contribution in [3.8, 4) is 5.75 Å². The second-order valence-corrected chi connectivity index (χ2v) is 9.55. The summed E-state index contributed by atoms with van der Waals surface area (Å²) < 4.78 is 32.9. The fraction of sp³-hybridized carbons (Fsp3) is 0.304. The molecule has 162 valence electrons. The second kappa shape index (κ2) is 9.03. The van der Waals surface area contributed by atoms with Gasteiger partial charge in [0, 0.05) is 29.9 Å². The zero-order valence-electron chi connectivity index (χ0n) is 17.4. The number of hydrogen-bond donors (Lipinski definition) is 1. The third kappa shape index (κ3) is 4.86. The van der Waals surface area contributed by atoms with Gasteiger partial charge in [0.15, 0.2) is 6.61 Å². The van der Waals surface area contributed by atoms with Crippen LogP contribution in [0.5, 0.6) is 5.75 Å². The average Bonchev–Trinajstić information content (AvgIpc) is 2.78. The van der Waals surface area contributed by atoms with Gasteiger partial charge >= 0.3 is 0 Å². The zero-order valence-corrected chi connectivity index (χ0v) is 18.2. The molecule has 1 aliphatic rings. The summed E-state index contributed by atoms with van der Waals surface area (Å²) in [5.41, 5.74) is 1.98. The van der Waals surface area contributed by atoms with E-state index in [1.807, 2.05) is 31.2 Å². The SMILES string of the molecule is Cc1ccc2cccc(OCC(=O)Nc3cccc(S(=O)(=O)N4CCCCC4)c3)c2n1. The summed E-state index contributed by atoms with van der Waals surface area (Å²) in [6.07, 6.45) is 2.79. The third-order valence-corrected chi connectivity index (χ3v) is 7.15. The molecule has 1 fully saturated rings. The summed E-state index contributed by atoms with van der Waals surface area (Å²) in [6, 6.07) is 15.8. The number of nitrogens with one attached hydrogen (secondary N) is 1. The van der Waals surface area contributed by atoms with Gasteiger partial charge in [-0.1, -0.05) is 30.7 Å². The number of carbonyl (C=O) groups excluding carboxylic acids is 1. The Labute approximate surface area is 182 Å². The number of fused-ring (bicyclic) bond motifs is 1. The van der Waals surface area contributed by atoms with E-state index in [0.29, 0.717) is 30.0 Å². The number of aryl methyl sites for hydroxylation is 1. The molecule has 31 heavy (non-hydrogen) atoms. The van der Waals surface area contributed by atoms with Crippen LogP contribution in [-0.4, -0.2) is 43.3 Å². The number of aromatic nitrogens is 1. The van der Waals surface area contributed by atoms with Gasteiger partial charge in [0.25, 0.3) is 5.91 Å². The van der Waals surface area contributed by atoms with Gasteiger partial charge in [-0.05, 0) is 50.1 Å². The molecule has 8 heteroatoms. The Morgan fingerprint density at radius 2 is 1.84 bits per heavy atom. The highest BCUT2D eigenvalue weighted by Gasteiger charge is 2.26. The molecule has 0 aliphatic carbocycles. The van der Waals surface area contributed by atoms with Crippen LogP contribution in [-0.2, 0) is 14.8 Å². The molecule has 1 amide bonds. The quantitative estimate of drug-likeness (QED) is 0.632. The first kappa shape index (κ1) is 21.3. The zero-order chi connectivity index (χ0) is 21.8. The highest BCUT2D eigenvalue weighted by molar-refractivity contribution is 7.89. The minimum absolute atomic E-state index is 0.182. The van der Waals surface area contributed by atoms with Gasteiger partial charge in [0.1, 0.15) is 11.3 Å². The summed E-state index contributed by atoms with van der Waals surface area (Å²) in [5.74, 6) is 0.148. The molecule has 2 heterocycles. The van der Waals surface area contributed by atoms with E-state index < -0.39 is 10.0 Å². The second-order valence-electron chi connectivity index (χ2n) is 7.61. The Hall–Kier alpha value is -2.97. The number of benzene rings is 2. The average molecular weight is 440 g/mol. The van der Waals surface area contributed by atoms with Crippen LogP contribution in [0.4, 0.5) is 5.69 Å². The molecular weight excluding hydrogens is 414 g/mol. The lowest BCUT2D eigenvalue weighted by molar-refractivity contribution is -0.118. The van der Waals surface area contributed by atoms with Gasteiger partial charge in [0.05, 0.1) is 4.90 Å². The van der Waals surface area contributed by atoms with E-state index >= 15 is 0 Å². The van der Waals surface area contributed by atoms with Crippen molar-refractivity contribution in [2.24, 2.45) is 0 Å². The van der Waals surface area contributed by atoms with Crippen LogP contribution in [0, 0.1) is 6.92 Å². The van der Waals surface area contributed by atoms with Crippen LogP contribution in [0.25, 0.3) is 10.9 Å². The molecular formula is C23H25N3O4S. The molecule has 1 aromatic heterocycles. The fourth-order valence-electron chi connectivity index (χ4n) is 3.66. The van der Waals surface area contributed by atoms with E-state index in [0.717, 1.165) is 30.3 Å². The van der Waals surface area contributed by atoms with Crippen LogP contribution in [0.1, 0.15) is 25.0 Å². The summed E-state index contributed by atoms with van der Waals surface area (Å²) in [5, 5.41) is 3.65. The minimum Gasteiger partial charge on any atom is -0.481 e. The number of rotatable bonds is 6. The lowest BCUT2D eigenvalue weighted by Gasteiger charge is -2.26. The summed E-state index contributed by atoms with van der Waals surface area (Å²) in [7, 11) is -3.56. The minimum atomic E-state index is -3.56. The topological polar surface area (TPSA) is 88.6 Å². The molecule has 4 rings (SSSR count). The number of anilines is 1. The Bertz CT molecular complexity index is 1200. The molecule has 0 saturated carbocycles. The van der Waals surface area contributed by atoms with Crippen molar-refractivity contribution < 1.29 is 17.9 Å². The fourth-order valence-corrected chi connectivity index (χ4v) is 5.23. The summed E-state index contributed by atoms with van der Waals surface area (Å²) >= 11 is 0. The van der Waals surface area contributed by atoms with Crippen molar-refractivity contribution in [3.63, 3.8) is 0 Å².